The maximum Gasteiger partial charge on any atom is 0.573 e. The summed E-state index contributed by atoms with van der Waals surface area (Å²) in [5.74, 6) is 0.0270. The van der Waals surface area contributed by atoms with Gasteiger partial charge in [0.05, 0.1) is 0 Å². The zero-order valence-electron chi connectivity index (χ0n) is 14.2. The monoisotopic (exact) mass is 401 g/mol. The van der Waals surface area contributed by atoms with E-state index in [1.165, 1.54) is 12.1 Å². The van der Waals surface area contributed by atoms with E-state index < -0.39 is 27.0 Å². The fourth-order valence-corrected chi connectivity index (χ4v) is 3.94. The lowest BCUT2D eigenvalue weighted by atomic mass is 10.1. The largest absolute Gasteiger partial charge is 0.573 e. The van der Waals surface area contributed by atoms with Crippen molar-refractivity contribution in [1.29, 1.82) is 0 Å². The fraction of sp³-hybridized carbons (Fsp3) is 0.353. The maximum atomic E-state index is 12.5. The average Bonchev–Trinajstić information content (AvgIpc) is 2.60. The molecule has 0 unspecified atom stereocenters. The van der Waals surface area contributed by atoms with Crippen molar-refractivity contribution < 1.29 is 26.3 Å². The number of hydrogen-bond donors (Lipinski definition) is 2. The lowest BCUT2D eigenvalue weighted by Gasteiger charge is -2.17. The minimum Gasteiger partial charge on any atom is -0.404 e. The molecule has 1 aliphatic rings. The van der Waals surface area contributed by atoms with E-state index >= 15 is 0 Å². The molecular formula is C17H18F3N3O3S. The van der Waals surface area contributed by atoms with E-state index in [0.717, 1.165) is 42.9 Å². The van der Waals surface area contributed by atoms with Gasteiger partial charge in [-0.15, -0.1) is 13.2 Å². The minimum absolute atomic E-state index is 0.00548. The number of fused-ring (bicyclic) bond motifs is 1. The number of benzene rings is 1. The highest BCUT2D eigenvalue weighted by molar-refractivity contribution is 7.89. The van der Waals surface area contributed by atoms with Crippen LogP contribution >= 0.6 is 0 Å². The van der Waals surface area contributed by atoms with Crippen LogP contribution in [0.5, 0.6) is 5.75 Å². The molecule has 0 radical (unpaired) electrons. The summed E-state index contributed by atoms with van der Waals surface area (Å²) < 4.78 is 68.2. The molecule has 1 aromatic heterocycles. The summed E-state index contributed by atoms with van der Waals surface area (Å²) in [6, 6.07) is 8.38. The molecule has 6 nitrogen and oxygen atoms in total. The quantitative estimate of drug-likeness (QED) is 0.778. The number of para-hydroxylation sites is 1. The lowest BCUT2D eigenvalue weighted by Crippen LogP contribution is -2.28. The van der Waals surface area contributed by atoms with Gasteiger partial charge >= 0.3 is 6.36 Å². The number of pyridine rings is 1. The van der Waals surface area contributed by atoms with Crippen LogP contribution in [-0.2, 0) is 22.9 Å². The van der Waals surface area contributed by atoms with Gasteiger partial charge in [-0.1, -0.05) is 18.2 Å². The van der Waals surface area contributed by atoms with Gasteiger partial charge < -0.3 is 10.1 Å². The van der Waals surface area contributed by atoms with Crippen molar-refractivity contribution in [2.24, 2.45) is 0 Å². The summed E-state index contributed by atoms with van der Waals surface area (Å²) in [5, 5.41) is 3.19. The van der Waals surface area contributed by atoms with Crippen LogP contribution < -0.4 is 14.8 Å². The van der Waals surface area contributed by atoms with Crippen molar-refractivity contribution >= 4 is 15.8 Å². The van der Waals surface area contributed by atoms with Gasteiger partial charge in [0, 0.05) is 25.2 Å². The first-order valence-corrected chi connectivity index (χ1v) is 9.80. The molecule has 2 heterocycles. The molecule has 27 heavy (non-hydrogen) atoms. The number of aromatic nitrogens is 1. The Morgan fingerprint density at radius 1 is 1.19 bits per heavy atom. The third kappa shape index (κ3) is 5.10. The Bertz CT molecular complexity index is 917. The normalized spacial score (nSPS) is 14.3. The van der Waals surface area contributed by atoms with Crippen molar-refractivity contribution in [3.63, 3.8) is 0 Å². The predicted octanol–water partition coefficient (Wildman–Crippen LogP) is 2.86. The number of nitrogens with one attached hydrogen (secondary N) is 2. The highest BCUT2D eigenvalue weighted by atomic mass is 32.2. The molecular weight excluding hydrogens is 383 g/mol. The van der Waals surface area contributed by atoms with Crippen molar-refractivity contribution in [1.82, 2.24) is 9.71 Å². The van der Waals surface area contributed by atoms with Gasteiger partial charge in [-0.3, -0.25) is 0 Å². The Morgan fingerprint density at radius 3 is 2.74 bits per heavy atom. The van der Waals surface area contributed by atoms with Gasteiger partial charge in [-0.25, -0.2) is 18.1 Å². The molecule has 1 aliphatic heterocycles. The highest BCUT2D eigenvalue weighted by Crippen LogP contribution is 2.29. The van der Waals surface area contributed by atoms with E-state index in [0.29, 0.717) is 12.1 Å². The van der Waals surface area contributed by atoms with Crippen LogP contribution in [0, 0.1) is 0 Å². The smallest absolute Gasteiger partial charge is 0.404 e. The number of alkyl halides is 3. The Labute approximate surface area is 154 Å². The molecule has 0 bridgehead atoms. The lowest BCUT2D eigenvalue weighted by molar-refractivity contribution is -0.275. The summed E-state index contributed by atoms with van der Waals surface area (Å²) >= 11 is 0. The Hall–Kier alpha value is -2.33. The van der Waals surface area contributed by atoms with Crippen molar-refractivity contribution in [2.45, 2.75) is 30.5 Å². The number of sulfonamides is 1. The molecule has 0 atom stereocenters. The Morgan fingerprint density at radius 2 is 1.96 bits per heavy atom. The van der Waals surface area contributed by atoms with E-state index in [1.54, 1.807) is 0 Å². The second kappa shape index (κ2) is 7.73. The summed E-state index contributed by atoms with van der Waals surface area (Å²) in [5.41, 5.74) is 1.80. The number of aryl methyl sites for hydroxylation is 1. The molecule has 0 spiro atoms. The summed E-state index contributed by atoms with van der Waals surface area (Å²) in [7, 11) is -4.17. The van der Waals surface area contributed by atoms with Crippen LogP contribution in [0.25, 0.3) is 0 Å². The van der Waals surface area contributed by atoms with Crippen LogP contribution in [0.3, 0.4) is 0 Å². The first-order chi connectivity index (χ1) is 12.7. The number of ether oxygens (including phenoxy) is 1. The molecule has 0 amide bonds. The zero-order valence-corrected chi connectivity index (χ0v) is 15.0. The van der Waals surface area contributed by atoms with Gasteiger partial charge in [-0.2, -0.15) is 0 Å². The Balaban J connectivity index is 1.67. The number of halogens is 3. The van der Waals surface area contributed by atoms with Crippen LogP contribution in [-0.4, -0.2) is 32.9 Å². The third-order valence-electron chi connectivity index (χ3n) is 3.99. The number of rotatable bonds is 6. The molecule has 146 valence electrons. The highest BCUT2D eigenvalue weighted by Gasteiger charge is 2.33. The topological polar surface area (TPSA) is 80.3 Å². The van der Waals surface area contributed by atoms with Gasteiger partial charge in [0.1, 0.15) is 16.5 Å². The molecule has 1 aromatic carbocycles. The fourth-order valence-electron chi connectivity index (χ4n) is 2.78. The molecule has 10 heteroatoms. The zero-order chi connectivity index (χ0) is 19.5. The van der Waals surface area contributed by atoms with E-state index in [-0.39, 0.29) is 6.54 Å². The molecule has 0 saturated carbocycles. The van der Waals surface area contributed by atoms with E-state index in [2.05, 4.69) is 19.8 Å². The van der Waals surface area contributed by atoms with Crippen molar-refractivity contribution in [3.8, 4) is 5.75 Å². The number of nitrogens with zero attached hydrogens (tertiary/aromatic N) is 1. The summed E-state index contributed by atoms with van der Waals surface area (Å²) in [6.45, 7) is 0.834. The van der Waals surface area contributed by atoms with Gasteiger partial charge in [0.2, 0.25) is 10.0 Å². The molecule has 0 saturated heterocycles. The van der Waals surface area contributed by atoms with Gasteiger partial charge in [0.25, 0.3) is 0 Å². The van der Waals surface area contributed by atoms with Crippen molar-refractivity contribution in [3.05, 3.63) is 47.7 Å². The third-order valence-corrected chi connectivity index (χ3v) is 5.49. The van der Waals surface area contributed by atoms with Crippen molar-refractivity contribution in [2.75, 3.05) is 18.4 Å². The maximum absolute atomic E-state index is 12.5. The van der Waals surface area contributed by atoms with Gasteiger partial charge in [0.15, 0.2) is 0 Å². The molecule has 2 aromatic rings. The first kappa shape index (κ1) is 19.4. The number of hydrogen-bond acceptors (Lipinski definition) is 5. The van der Waals surface area contributed by atoms with Crippen LogP contribution in [0.15, 0.2) is 41.3 Å². The summed E-state index contributed by atoms with van der Waals surface area (Å²) in [4.78, 5) is 3.88. The first-order valence-electron chi connectivity index (χ1n) is 8.32. The average molecular weight is 401 g/mol. The predicted molar refractivity (Wildman–Crippen MR) is 93.1 cm³/mol. The minimum atomic E-state index is -4.98. The van der Waals surface area contributed by atoms with Crippen LogP contribution in [0.4, 0.5) is 19.0 Å². The van der Waals surface area contributed by atoms with Crippen LogP contribution in [0.1, 0.15) is 17.7 Å². The van der Waals surface area contributed by atoms with E-state index in [1.807, 2.05) is 12.1 Å². The molecule has 2 N–H and O–H groups in total. The second-order valence-electron chi connectivity index (χ2n) is 5.98. The molecule has 0 fully saturated rings. The summed E-state index contributed by atoms with van der Waals surface area (Å²) in [6.07, 6.45) is -2.70. The van der Waals surface area contributed by atoms with E-state index in [9.17, 15) is 21.6 Å². The molecule has 3 rings (SSSR count). The molecule has 0 aliphatic carbocycles. The van der Waals surface area contributed by atoms with E-state index in [4.69, 9.17) is 0 Å². The second-order valence-corrected chi connectivity index (χ2v) is 7.72. The standard InChI is InChI=1S/C17H18F3N3O3S/c18-17(19,20)26-14-5-1-2-6-15(14)27(24,25)22-11-9-13-8-7-12-4-3-10-21-16(12)23-13/h1-2,5-8,22H,3-4,9-11H2,(H,21,23). The van der Waals surface area contributed by atoms with Gasteiger partial charge in [-0.05, 0) is 36.6 Å². The Kier molecular flexibility index (Phi) is 5.56. The van der Waals surface area contributed by atoms with Crippen LogP contribution in [0.2, 0.25) is 0 Å². The SMILES string of the molecule is O=S(=O)(NCCc1ccc2c(n1)NCCC2)c1ccccc1OC(F)(F)F. The number of anilines is 1.